The van der Waals surface area contributed by atoms with Gasteiger partial charge in [-0.05, 0) is 46.6 Å². The molecule has 0 atom stereocenters. The lowest BCUT2D eigenvalue weighted by molar-refractivity contribution is 0.102. The van der Waals surface area contributed by atoms with Gasteiger partial charge in [0, 0.05) is 11.1 Å². The molecule has 0 bridgehead atoms. The lowest BCUT2D eigenvalue weighted by Crippen LogP contribution is -2.10. The molecule has 0 radical (unpaired) electrons. The Morgan fingerprint density at radius 3 is 2.76 bits per heavy atom. The summed E-state index contributed by atoms with van der Waals surface area (Å²) in [4.78, 5) is 11.8. The standard InChI is InChI=1S/C12H9BrFNOS/c1-7-2-3-9(5-10(7)14)15-12(16)8-4-11(13)17-6-8/h2-6H,1H3,(H,15,16). The minimum absolute atomic E-state index is 0.241. The number of carbonyl (C=O) groups is 1. The number of anilines is 1. The highest BCUT2D eigenvalue weighted by molar-refractivity contribution is 9.11. The number of hydrogen-bond acceptors (Lipinski definition) is 2. The van der Waals surface area contributed by atoms with Crippen molar-refractivity contribution in [3.8, 4) is 0 Å². The maximum atomic E-state index is 13.3. The summed E-state index contributed by atoms with van der Waals surface area (Å²) in [6.45, 7) is 1.68. The number of rotatable bonds is 2. The molecule has 88 valence electrons. The number of aryl methyl sites for hydroxylation is 1. The third kappa shape index (κ3) is 2.92. The van der Waals surface area contributed by atoms with Gasteiger partial charge in [-0.25, -0.2) is 4.39 Å². The second-order valence-electron chi connectivity index (χ2n) is 3.56. The van der Waals surface area contributed by atoms with E-state index < -0.39 is 0 Å². The zero-order valence-corrected chi connectivity index (χ0v) is 11.4. The normalized spacial score (nSPS) is 10.3. The Morgan fingerprint density at radius 2 is 2.18 bits per heavy atom. The zero-order valence-electron chi connectivity index (χ0n) is 8.96. The third-order valence-corrected chi connectivity index (χ3v) is 3.76. The first-order chi connectivity index (χ1) is 8.06. The van der Waals surface area contributed by atoms with Gasteiger partial charge < -0.3 is 5.32 Å². The topological polar surface area (TPSA) is 29.1 Å². The van der Waals surface area contributed by atoms with Crippen LogP contribution in [0.15, 0.2) is 33.4 Å². The molecule has 0 fully saturated rings. The predicted molar refractivity (Wildman–Crippen MR) is 71.1 cm³/mol. The minimum Gasteiger partial charge on any atom is -0.322 e. The van der Waals surface area contributed by atoms with Gasteiger partial charge in [-0.15, -0.1) is 11.3 Å². The molecule has 1 N–H and O–H groups in total. The van der Waals surface area contributed by atoms with E-state index in [1.807, 2.05) is 0 Å². The quantitative estimate of drug-likeness (QED) is 0.884. The van der Waals surface area contributed by atoms with E-state index >= 15 is 0 Å². The van der Waals surface area contributed by atoms with Crippen molar-refractivity contribution < 1.29 is 9.18 Å². The highest BCUT2D eigenvalue weighted by atomic mass is 79.9. The summed E-state index contributed by atoms with van der Waals surface area (Å²) in [6, 6.07) is 6.35. The summed E-state index contributed by atoms with van der Waals surface area (Å²) in [5, 5.41) is 4.39. The van der Waals surface area contributed by atoms with Crippen molar-refractivity contribution in [2.45, 2.75) is 6.92 Å². The van der Waals surface area contributed by atoms with E-state index in [9.17, 15) is 9.18 Å². The summed E-state index contributed by atoms with van der Waals surface area (Å²) in [6.07, 6.45) is 0. The summed E-state index contributed by atoms with van der Waals surface area (Å²) >= 11 is 4.72. The van der Waals surface area contributed by atoms with Crippen LogP contribution in [0.2, 0.25) is 0 Å². The minimum atomic E-state index is -0.325. The Morgan fingerprint density at radius 1 is 1.41 bits per heavy atom. The van der Waals surface area contributed by atoms with Crippen molar-refractivity contribution in [2.75, 3.05) is 5.32 Å². The van der Waals surface area contributed by atoms with Crippen molar-refractivity contribution in [1.82, 2.24) is 0 Å². The van der Waals surface area contributed by atoms with E-state index in [0.717, 1.165) is 3.79 Å². The molecule has 0 aliphatic carbocycles. The molecule has 0 spiro atoms. The fourth-order valence-electron chi connectivity index (χ4n) is 1.30. The van der Waals surface area contributed by atoms with E-state index in [2.05, 4.69) is 21.2 Å². The average Bonchev–Trinajstić information content (AvgIpc) is 2.70. The van der Waals surface area contributed by atoms with Gasteiger partial charge in [0.15, 0.2) is 0 Å². The van der Waals surface area contributed by atoms with E-state index in [1.54, 1.807) is 30.5 Å². The van der Waals surface area contributed by atoms with Gasteiger partial charge in [0.25, 0.3) is 5.91 Å². The highest BCUT2D eigenvalue weighted by Gasteiger charge is 2.09. The van der Waals surface area contributed by atoms with Gasteiger partial charge in [-0.2, -0.15) is 0 Å². The lowest BCUT2D eigenvalue weighted by atomic mass is 10.2. The first-order valence-corrected chi connectivity index (χ1v) is 6.55. The van der Waals surface area contributed by atoms with Crippen LogP contribution in [0.3, 0.4) is 0 Å². The Kier molecular flexibility index (Phi) is 3.59. The molecule has 1 heterocycles. The number of carbonyl (C=O) groups excluding carboxylic acids is 1. The second kappa shape index (κ2) is 4.98. The molecule has 0 aliphatic heterocycles. The van der Waals surface area contributed by atoms with Gasteiger partial charge in [0.2, 0.25) is 0 Å². The molecule has 0 aliphatic rings. The molecule has 1 aromatic carbocycles. The first-order valence-electron chi connectivity index (χ1n) is 4.88. The average molecular weight is 314 g/mol. The van der Waals surface area contributed by atoms with Gasteiger partial charge in [0.05, 0.1) is 9.35 Å². The van der Waals surface area contributed by atoms with Gasteiger partial charge in [-0.1, -0.05) is 6.07 Å². The van der Waals surface area contributed by atoms with Crippen molar-refractivity contribution in [1.29, 1.82) is 0 Å². The van der Waals surface area contributed by atoms with Crippen molar-refractivity contribution in [2.24, 2.45) is 0 Å². The fourth-order valence-corrected chi connectivity index (χ4v) is 2.44. The van der Waals surface area contributed by atoms with Crippen LogP contribution in [0.4, 0.5) is 10.1 Å². The Balaban J connectivity index is 2.15. The highest BCUT2D eigenvalue weighted by Crippen LogP contribution is 2.22. The SMILES string of the molecule is Cc1ccc(NC(=O)c2csc(Br)c2)cc1F. The van der Waals surface area contributed by atoms with Gasteiger partial charge in [-0.3, -0.25) is 4.79 Å². The number of amides is 1. The van der Waals surface area contributed by atoms with Crippen LogP contribution in [0.25, 0.3) is 0 Å². The second-order valence-corrected chi connectivity index (χ2v) is 5.85. The number of benzene rings is 1. The van der Waals surface area contributed by atoms with Crippen LogP contribution in [0.1, 0.15) is 15.9 Å². The van der Waals surface area contributed by atoms with E-state index in [0.29, 0.717) is 16.8 Å². The Labute approximate surface area is 111 Å². The van der Waals surface area contributed by atoms with E-state index in [4.69, 9.17) is 0 Å². The number of thiophene rings is 1. The van der Waals surface area contributed by atoms with Crippen LogP contribution in [-0.4, -0.2) is 5.91 Å². The molecule has 2 nitrogen and oxygen atoms in total. The van der Waals surface area contributed by atoms with Crippen molar-refractivity contribution in [3.05, 3.63) is 50.4 Å². The molecular formula is C12H9BrFNOS. The van der Waals surface area contributed by atoms with Crippen LogP contribution in [-0.2, 0) is 0 Å². The molecule has 1 aromatic heterocycles. The Hall–Kier alpha value is -1.20. The molecule has 0 saturated carbocycles. The molecule has 5 heteroatoms. The summed E-state index contributed by atoms with van der Waals surface area (Å²) in [5.74, 6) is -0.565. The number of nitrogens with one attached hydrogen (secondary N) is 1. The largest absolute Gasteiger partial charge is 0.322 e. The van der Waals surface area contributed by atoms with Crippen molar-refractivity contribution >= 4 is 38.9 Å². The van der Waals surface area contributed by atoms with E-state index in [1.165, 1.54) is 17.4 Å². The van der Waals surface area contributed by atoms with Crippen LogP contribution in [0, 0.1) is 12.7 Å². The Bertz CT molecular complexity index is 567. The van der Waals surface area contributed by atoms with E-state index in [-0.39, 0.29) is 11.7 Å². The molecule has 17 heavy (non-hydrogen) atoms. The van der Waals surface area contributed by atoms with Crippen LogP contribution >= 0.6 is 27.3 Å². The van der Waals surface area contributed by atoms with Gasteiger partial charge in [0.1, 0.15) is 5.82 Å². The van der Waals surface area contributed by atoms with Crippen LogP contribution < -0.4 is 5.32 Å². The fraction of sp³-hybridized carbons (Fsp3) is 0.0833. The van der Waals surface area contributed by atoms with Crippen molar-refractivity contribution in [3.63, 3.8) is 0 Å². The first kappa shape index (κ1) is 12.3. The molecule has 1 amide bonds. The smallest absolute Gasteiger partial charge is 0.256 e. The summed E-state index contributed by atoms with van der Waals surface area (Å²) in [5.41, 5.74) is 1.57. The molecule has 0 saturated heterocycles. The van der Waals surface area contributed by atoms with Gasteiger partial charge >= 0.3 is 0 Å². The summed E-state index contributed by atoms with van der Waals surface area (Å²) in [7, 11) is 0. The third-order valence-electron chi connectivity index (χ3n) is 2.26. The molecule has 0 unspecified atom stereocenters. The maximum absolute atomic E-state index is 13.3. The molecule has 2 aromatic rings. The molecular weight excluding hydrogens is 305 g/mol. The number of halogens is 2. The monoisotopic (exact) mass is 313 g/mol. The maximum Gasteiger partial charge on any atom is 0.256 e. The number of hydrogen-bond donors (Lipinski definition) is 1. The molecule has 2 rings (SSSR count). The predicted octanol–water partition coefficient (Wildman–Crippen LogP) is 4.21. The van der Waals surface area contributed by atoms with Crippen LogP contribution in [0.5, 0.6) is 0 Å². The lowest BCUT2D eigenvalue weighted by Gasteiger charge is -2.04. The summed E-state index contributed by atoms with van der Waals surface area (Å²) < 4.78 is 14.2. The zero-order chi connectivity index (χ0) is 12.4.